The molecule has 0 radical (unpaired) electrons. The molecule has 0 atom stereocenters. The number of phenols is 1. The molecule has 15 heavy (non-hydrogen) atoms. The van der Waals surface area contributed by atoms with Gasteiger partial charge in [-0.05, 0) is 13.8 Å². The summed E-state index contributed by atoms with van der Waals surface area (Å²) < 4.78 is 5.57. The molecule has 2 aromatic rings. The zero-order valence-electron chi connectivity index (χ0n) is 8.64. The smallest absolute Gasteiger partial charge is 0.134 e. The van der Waals surface area contributed by atoms with Crippen molar-refractivity contribution in [2.75, 3.05) is 0 Å². The fourth-order valence-corrected chi connectivity index (χ4v) is 1.39. The minimum absolute atomic E-state index is 0.0511. The Hall–Kier alpha value is -1.84. The molecule has 1 aromatic carbocycles. The first-order valence-corrected chi connectivity index (χ1v) is 4.76. The van der Waals surface area contributed by atoms with Crippen molar-refractivity contribution in [3.8, 4) is 11.5 Å². The van der Waals surface area contributed by atoms with Crippen LogP contribution in [0.15, 0.2) is 24.7 Å². The molecule has 0 saturated heterocycles. The summed E-state index contributed by atoms with van der Waals surface area (Å²) in [4.78, 5) is 8.00. The van der Waals surface area contributed by atoms with E-state index in [0.717, 1.165) is 5.39 Å². The Morgan fingerprint density at radius 2 is 2.13 bits per heavy atom. The summed E-state index contributed by atoms with van der Waals surface area (Å²) >= 11 is 0. The molecule has 0 amide bonds. The monoisotopic (exact) mass is 204 g/mol. The largest absolute Gasteiger partial charge is 0.508 e. The fraction of sp³-hybridized carbons (Fsp3) is 0.273. The molecule has 4 heteroatoms. The molecular formula is C11H12N2O2. The lowest BCUT2D eigenvalue weighted by atomic mass is 10.2. The van der Waals surface area contributed by atoms with Gasteiger partial charge in [-0.3, -0.25) is 0 Å². The Morgan fingerprint density at radius 3 is 2.87 bits per heavy atom. The molecular weight excluding hydrogens is 192 g/mol. The molecule has 0 aliphatic carbocycles. The van der Waals surface area contributed by atoms with Crippen LogP contribution in [0.4, 0.5) is 0 Å². The quantitative estimate of drug-likeness (QED) is 0.814. The van der Waals surface area contributed by atoms with Crippen molar-refractivity contribution in [2.45, 2.75) is 20.0 Å². The van der Waals surface area contributed by atoms with E-state index in [0.29, 0.717) is 11.3 Å². The number of benzene rings is 1. The molecule has 1 N–H and O–H groups in total. The number of aromatic nitrogens is 2. The van der Waals surface area contributed by atoms with Crippen molar-refractivity contribution >= 4 is 10.9 Å². The van der Waals surface area contributed by atoms with Gasteiger partial charge in [0.1, 0.15) is 17.8 Å². The van der Waals surface area contributed by atoms with Crippen LogP contribution in [0.3, 0.4) is 0 Å². The Balaban J connectivity index is 2.60. The van der Waals surface area contributed by atoms with Crippen molar-refractivity contribution in [1.29, 1.82) is 0 Å². The second-order valence-electron chi connectivity index (χ2n) is 3.57. The number of phenolic OH excluding ortho intramolecular Hbond substituents is 1. The minimum atomic E-state index is 0.0511. The first-order chi connectivity index (χ1) is 7.16. The average molecular weight is 204 g/mol. The molecule has 0 saturated carbocycles. The van der Waals surface area contributed by atoms with Gasteiger partial charge in [0, 0.05) is 18.3 Å². The maximum absolute atomic E-state index is 9.48. The summed E-state index contributed by atoms with van der Waals surface area (Å²) in [6, 6.07) is 3.16. The van der Waals surface area contributed by atoms with E-state index in [4.69, 9.17) is 4.74 Å². The van der Waals surface area contributed by atoms with Gasteiger partial charge >= 0.3 is 0 Å². The Kier molecular flexibility index (Phi) is 2.41. The zero-order chi connectivity index (χ0) is 10.8. The third-order valence-electron chi connectivity index (χ3n) is 1.93. The highest BCUT2D eigenvalue weighted by Crippen LogP contribution is 2.29. The summed E-state index contributed by atoms with van der Waals surface area (Å²) in [7, 11) is 0. The highest BCUT2D eigenvalue weighted by molar-refractivity contribution is 5.85. The van der Waals surface area contributed by atoms with Crippen LogP contribution in [0.2, 0.25) is 0 Å². The molecule has 1 aromatic heterocycles. The van der Waals surface area contributed by atoms with E-state index in [2.05, 4.69) is 9.97 Å². The summed E-state index contributed by atoms with van der Waals surface area (Å²) in [5.41, 5.74) is 0.681. The van der Waals surface area contributed by atoms with Crippen molar-refractivity contribution in [1.82, 2.24) is 9.97 Å². The molecule has 0 fully saturated rings. The number of ether oxygens (including phenoxy) is 1. The summed E-state index contributed by atoms with van der Waals surface area (Å²) in [6.45, 7) is 3.86. The van der Waals surface area contributed by atoms with Crippen LogP contribution < -0.4 is 4.74 Å². The van der Waals surface area contributed by atoms with Crippen molar-refractivity contribution < 1.29 is 9.84 Å². The van der Waals surface area contributed by atoms with Crippen LogP contribution in [0, 0.1) is 0 Å². The summed E-state index contributed by atoms with van der Waals surface area (Å²) in [6.07, 6.45) is 3.18. The van der Waals surface area contributed by atoms with Gasteiger partial charge in [0.2, 0.25) is 0 Å². The number of fused-ring (bicyclic) bond motifs is 1. The topological polar surface area (TPSA) is 55.2 Å². The molecule has 78 valence electrons. The van der Waals surface area contributed by atoms with Crippen LogP contribution in [0.5, 0.6) is 11.5 Å². The van der Waals surface area contributed by atoms with Gasteiger partial charge in [0.05, 0.1) is 17.0 Å². The number of hydrogen-bond acceptors (Lipinski definition) is 4. The SMILES string of the molecule is CC(C)Oc1cc(O)cc2ncncc12. The second-order valence-corrected chi connectivity index (χ2v) is 3.57. The van der Waals surface area contributed by atoms with Crippen molar-refractivity contribution in [2.24, 2.45) is 0 Å². The normalized spacial score (nSPS) is 10.9. The number of nitrogens with zero attached hydrogens (tertiary/aromatic N) is 2. The fourth-order valence-electron chi connectivity index (χ4n) is 1.39. The van der Waals surface area contributed by atoms with Gasteiger partial charge in [-0.1, -0.05) is 0 Å². The van der Waals surface area contributed by atoms with E-state index in [-0.39, 0.29) is 11.9 Å². The van der Waals surface area contributed by atoms with Gasteiger partial charge in [-0.15, -0.1) is 0 Å². The predicted octanol–water partition coefficient (Wildman–Crippen LogP) is 2.12. The summed E-state index contributed by atoms with van der Waals surface area (Å²) in [5, 5.41) is 10.3. The van der Waals surface area contributed by atoms with Crippen LogP contribution in [0.25, 0.3) is 10.9 Å². The van der Waals surface area contributed by atoms with Gasteiger partial charge in [0.25, 0.3) is 0 Å². The van der Waals surface area contributed by atoms with Crippen LogP contribution in [-0.2, 0) is 0 Å². The summed E-state index contributed by atoms with van der Waals surface area (Å²) in [5.74, 6) is 0.762. The van der Waals surface area contributed by atoms with E-state index in [9.17, 15) is 5.11 Å². The van der Waals surface area contributed by atoms with E-state index >= 15 is 0 Å². The van der Waals surface area contributed by atoms with Crippen LogP contribution >= 0.6 is 0 Å². The highest BCUT2D eigenvalue weighted by Gasteiger charge is 2.07. The zero-order valence-corrected chi connectivity index (χ0v) is 8.64. The lowest BCUT2D eigenvalue weighted by Crippen LogP contribution is -2.06. The Bertz CT molecular complexity index is 483. The Labute approximate surface area is 87.6 Å². The van der Waals surface area contributed by atoms with Crippen molar-refractivity contribution in [3.63, 3.8) is 0 Å². The maximum atomic E-state index is 9.48. The molecule has 0 bridgehead atoms. The van der Waals surface area contributed by atoms with Crippen LogP contribution in [-0.4, -0.2) is 21.2 Å². The molecule has 0 aliphatic rings. The van der Waals surface area contributed by atoms with Gasteiger partial charge in [-0.2, -0.15) is 0 Å². The number of hydrogen-bond donors (Lipinski definition) is 1. The lowest BCUT2D eigenvalue weighted by molar-refractivity contribution is 0.244. The molecule has 0 aliphatic heterocycles. The predicted molar refractivity (Wildman–Crippen MR) is 57.0 cm³/mol. The van der Waals surface area contributed by atoms with E-state index in [1.807, 2.05) is 13.8 Å². The third kappa shape index (κ3) is 1.98. The highest BCUT2D eigenvalue weighted by atomic mass is 16.5. The van der Waals surface area contributed by atoms with Gasteiger partial charge in [0.15, 0.2) is 0 Å². The van der Waals surface area contributed by atoms with Crippen LogP contribution in [0.1, 0.15) is 13.8 Å². The number of rotatable bonds is 2. The van der Waals surface area contributed by atoms with E-state index < -0.39 is 0 Å². The van der Waals surface area contributed by atoms with E-state index in [1.54, 1.807) is 18.3 Å². The van der Waals surface area contributed by atoms with Gasteiger partial charge < -0.3 is 9.84 Å². The minimum Gasteiger partial charge on any atom is -0.508 e. The molecule has 4 nitrogen and oxygen atoms in total. The standard InChI is InChI=1S/C11H12N2O2/c1-7(2)15-11-4-8(14)3-10-9(11)5-12-6-13-10/h3-7,14H,1-2H3. The molecule has 1 heterocycles. The molecule has 0 spiro atoms. The van der Waals surface area contributed by atoms with Gasteiger partial charge in [-0.25, -0.2) is 9.97 Å². The number of aromatic hydroxyl groups is 1. The van der Waals surface area contributed by atoms with Crippen molar-refractivity contribution in [3.05, 3.63) is 24.7 Å². The molecule has 0 unspecified atom stereocenters. The first kappa shape index (κ1) is 9.71. The lowest BCUT2D eigenvalue weighted by Gasteiger charge is -2.11. The average Bonchev–Trinajstić information content (AvgIpc) is 2.16. The third-order valence-corrected chi connectivity index (χ3v) is 1.93. The second kappa shape index (κ2) is 3.73. The maximum Gasteiger partial charge on any atom is 0.134 e. The first-order valence-electron chi connectivity index (χ1n) is 4.76. The molecule has 2 rings (SSSR count). The Morgan fingerprint density at radius 1 is 1.33 bits per heavy atom. The van der Waals surface area contributed by atoms with E-state index in [1.165, 1.54) is 6.33 Å².